The van der Waals surface area contributed by atoms with Crippen molar-refractivity contribution >= 4 is 11.6 Å². The second-order valence-electron chi connectivity index (χ2n) is 4.08. The van der Waals surface area contributed by atoms with Gasteiger partial charge >= 0.3 is 0 Å². The first-order valence-electron chi connectivity index (χ1n) is 6.08. The number of benzene rings is 1. The van der Waals surface area contributed by atoms with Crippen LogP contribution in [0.5, 0.6) is 0 Å². The highest BCUT2D eigenvalue weighted by molar-refractivity contribution is 6.28. The number of aromatic nitrogens is 2. The third-order valence-corrected chi connectivity index (χ3v) is 2.81. The fourth-order valence-electron chi connectivity index (χ4n) is 1.70. The van der Waals surface area contributed by atoms with E-state index in [1.165, 1.54) is 5.56 Å². The number of nitrogens with one attached hydrogen (secondary N) is 1. The molecule has 0 aliphatic carbocycles. The molecule has 0 saturated carbocycles. The second kappa shape index (κ2) is 6.47. The Bertz CT molecular complexity index is 497. The first-order chi connectivity index (χ1) is 8.79. The number of hydrogen-bond acceptors (Lipinski definition) is 3. The van der Waals surface area contributed by atoms with E-state index >= 15 is 0 Å². The third kappa shape index (κ3) is 3.52. The molecule has 0 unspecified atom stereocenters. The Morgan fingerprint density at radius 3 is 2.61 bits per heavy atom. The van der Waals surface area contributed by atoms with Crippen molar-refractivity contribution in [3.05, 3.63) is 47.4 Å². The van der Waals surface area contributed by atoms with Gasteiger partial charge in [0.2, 0.25) is 5.28 Å². The van der Waals surface area contributed by atoms with Gasteiger partial charge in [-0.15, -0.1) is 0 Å². The summed E-state index contributed by atoms with van der Waals surface area (Å²) in [7, 11) is 0. The maximum atomic E-state index is 5.78. The number of halogens is 1. The number of rotatable bonds is 5. The van der Waals surface area contributed by atoms with E-state index in [1.807, 2.05) is 6.07 Å². The van der Waals surface area contributed by atoms with E-state index < -0.39 is 0 Å². The molecule has 94 valence electrons. The summed E-state index contributed by atoms with van der Waals surface area (Å²) in [6, 6.07) is 10.2. The lowest BCUT2D eigenvalue weighted by Gasteiger charge is -2.05. The quantitative estimate of drug-likeness (QED) is 0.663. The van der Waals surface area contributed by atoms with Gasteiger partial charge in [-0.05, 0) is 36.2 Å². The SMILES string of the molecule is CCCNCc1ccc(-c2ccnc(Cl)n2)cc1. The summed E-state index contributed by atoms with van der Waals surface area (Å²) in [6.07, 6.45) is 2.82. The van der Waals surface area contributed by atoms with Crippen LogP contribution in [-0.2, 0) is 6.54 Å². The van der Waals surface area contributed by atoms with Crippen LogP contribution >= 0.6 is 11.6 Å². The van der Waals surface area contributed by atoms with Crippen LogP contribution in [0.4, 0.5) is 0 Å². The van der Waals surface area contributed by atoms with Crippen molar-refractivity contribution in [2.45, 2.75) is 19.9 Å². The van der Waals surface area contributed by atoms with Crippen LogP contribution in [0.15, 0.2) is 36.5 Å². The Morgan fingerprint density at radius 1 is 1.17 bits per heavy atom. The van der Waals surface area contributed by atoms with Gasteiger partial charge in [0.05, 0.1) is 5.69 Å². The third-order valence-electron chi connectivity index (χ3n) is 2.63. The Hall–Kier alpha value is -1.45. The molecular formula is C14H16ClN3. The van der Waals surface area contributed by atoms with Crippen molar-refractivity contribution in [2.24, 2.45) is 0 Å². The van der Waals surface area contributed by atoms with Gasteiger partial charge < -0.3 is 5.32 Å². The van der Waals surface area contributed by atoms with Gasteiger partial charge in [-0.2, -0.15) is 0 Å². The summed E-state index contributed by atoms with van der Waals surface area (Å²) in [6.45, 7) is 4.11. The van der Waals surface area contributed by atoms with Crippen molar-refractivity contribution in [3.8, 4) is 11.3 Å². The predicted octanol–water partition coefficient (Wildman–Crippen LogP) is 3.30. The minimum absolute atomic E-state index is 0.279. The van der Waals surface area contributed by atoms with Crippen molar-refractivity contribution in [1.82, 2.24) is 15.3 Å². The molecule has 0 fully saturated rings. The predicted molar refractivity (Wildman–Crippen MR) is 74.5 cm³/mol. The normalized spacial score (nSPS) is 10.6. The van der Waals surface area contributed by atoms with Crippen LogP contribution in [0.3, 0.4) is 0 Å². The topological polar surface area (TPSA) is 37.8 Å². The molecule has 3 nitrogen and oxygen atoms in total. The molecule has 1 heterocycles. The molecule has 2 aromatic rings. The maximum absolute atomic E-state index is 5.78. The Balaban J connectivity index is 2.07. The van der Waals surface area contributed by atoms with Crippen LogP contribution in [0.25, 0.3) is 11.3 Å². The summed E-state index contributed by atoms with van der Waals surface area (Å²) < 4.78 is 0. The average Bonchev–Trinajstić information content (AvgIpc) is 2.40. The summed E-state index contributed by atoms with van der Waals surface area (Å²) >= 11 is 5.78. The molecule has 0 aliphatic heterocycles. The van der Waals surface area contributed by atoms with Crippen molar-refractivity contribution in [1.29, 1.82) is 0 Å². The van der Waals surface area contributed by atoms with E-state index in [-0.39, 0.29) is 5.28 Å². The zero-order valence-corrected chi connectivity index (χ0v) is 11.1. The highest BCUT2D eigenvalue weighted by atomic mass is 35.5. The highest BCUT2D eigenvalue weighted by Crippen LogP contribution is 2.18. The van der Waals surface area contributed by atoms with E-state index in [0.717, 1.165) is 30.8 Å². The minimum Gasteiger partial charge on any atom is -0.313 e. The second-order valence-corrected chi connectivity index (χ2v) is 4.42. The lowest BCUT2D eigenvalue weighted by molar-refractivity contribution is 0.675. The lowest BCUT2D eigenvalue weighted by atomic mass is 10.1. The zero-order chi connectivity index (χ0) is 12.8. The smallest absolute Gasteiger partial charge is 0.222 e. The van der Waals surface area contributed by atoms with Crippen LogP contribution in [-0.4, -0.2) is 16.5 Å². The van der Waals surface area contributed by atoms with Crippen LogP contribution in [0.1, 0.15) is 18.9 Å². The largest absolute Gasteiger partial charge is 0.313 e. The summed E-state index contributed by atoms with van der Waals surface area (Å²) in [5, 5.41) is 3.65. The Kier molecular flexibility index (Phi) is 4.67. The summed E-state index contributed by atoms with van der Waals surface area (Å²) in [5.41, 5.74) is 3.17. The highest BCUT2D eigenvalue weighted by Gasteiger charge is 2.00. The van der Waals surface area contributed by atoms with Crippen LogP contribution in [0.2, 0.25) is 5.28 Å². The molecule has 0 atom stereocenters. The molecule has 0 aliphatic rings. The molecule has 1 N–H and O–H groups in total. The average molecular weight is 262 g/mol. The summed E-state index contributed by atoms with van der Waals surface area (Å²) in [5.74, 6) is 0. The first kappa shape index (κ1) is 13.0. The van der Waals surface area contributed by atoms with Crippen molar-refractivity contribution < 1.29 is 0 Å². The van der Waals surface area contributed by atoms with E-state index in [4.69, 9.17) is 11.6 Å². The molecule has 0 bridgehead atoms. The van der Waals surface area contributed by atoms with Gasteiger partial charge in [-0.1, -0.05) is 31.2 Å². The molecule has 0 amide bonds. The zero-order valence-electron chi connectivity index (χ0n) is 10.4. The van der Waals surface area contributed by atoms with Gasteiger partial charge in [0.1, 0.15) is 0 Å². The molecule has 4 heteroatoms. The molecule has 0 saturated heterocycles. The molecule has 18 heavy (non-hydrogen) atoms. The number of hydrogen-bond donors (Lipinski definition) is 1. The lowest BCUT2D eigenvalue weighted by Crippen LogP contribution is -2.13. The maximum Gasteiger partial charge on any atom is 0.222 e. The van der Waals surface area contributed by atoms with Gasteiger partial charge in [0, 0.05) is 18.3 Å². The fraction of sp³-hybridized carbons (Fsp3) is 0.286. The van der Waals surface area contributed by atoms with Crippen LogP contribution < -0.4 is 5.32 Å². The van der Waals surface area contributed by atoms with Gasteiger partial charge in [0.15, 0.2) is 0 Å². The molecule has 1 aromatic heterocycles. The van der Waals surface area contributed by atoms with Gasteiger partial charge in [0.25, 0.3) is 0 Å². The number of nitrogens with zero attached hydrogens (tertiary/aromatic N) is 2. The Morgan fingerprint density at radius 2 is 1.94 bits per heavy atom. The minimum atomic E-state index is 0.279. The Labute approximate surface area is 112 Å². The fourth-order valence-corrected chi connectivity index (χ4v) is 1.85. The van der Waals surface area contributed by atoms with E-state index in [0.29, 0.717) is 0 Å². The van der Waals surface area contributed by atoms with Crippen LogP contribution in [0, 0.1) is 0 Å². The molecular weight excluding hydrogens is 246 g/mol. The van der Waals surface area contributed by atoms with Crippen molar-refractivity contribution in [2.75, 3.05) is 6.54 Å². The molecule has 0 spiro atoms. The van der Waals surface area contributed by atoms with E-state index in [1.54, 1.807) is 6.20 Å². The van der Waals surface area contributed by atoms with Gasteiger partial charge in [-0.3, -0.25) is 0 Å². The van der Waals surface area contributed by atoms with E-state index in [9.17, 15) is 0 Å². The standard InChI is InChI=1S/C14H16ClN3/c1-2-8-16-10-11-3-5-12(6-4-11)13-7-9-17-14(15)18-13/h3-7,9,16H,2,8,10H2,1H3. The molecule has 1 aromatic carbocycles. The summed E-state index contributed by atoms with van der Waals surface area (Å²) in [4.78, 5) is 8.06. The molecule has 0 radical (unpaired) electrons. The monoisotopic (exact) mass is 261 g/mol. The van der Waals surface area contributed by atoms with Crippen molar-refractivity contribution in [3.63, 3.8) is 0 Å². The van der Waals surface area contributed by atoms with Gasteiger partial charge in [-0.25, -0.2) is 9.97 Å². The van der Waals surface area contributed by atoms with E-state index in [2.05, 4.69) is 46.5 Å². The first-order valence-corrected chi connectivity index (χ1v) is 6.46. The molecule has 2 rings (SSSR count).